The molecule has 0 aliphatic carbocycles. The van der Waals surface area contributed by atoms with Gasteiger partial charge >= 0.3 is 0 Å². The van der Waals surface area contributed by atoms with Crippen molar-refractivity contribution in [1.29, 1.82) is 0 Å². The van der Waals surface area contributed by atoms with Crippen molar-refractivity contribution in [2.75, 3.05) is 31.7 Å². The molecule has 158 valence electrons. The van der Waals surface area contributed by atoms with E-state index in [1.54, 1.807) is 0 Å². The van der Waals surface area contributed by atoms with E-state index in [9.17, 15) is 0 Å². The van der Waals surface area contributed by atoms with E-state index >= 15 is 0 Å². The van der Waals surface area contributed by atoms with Crippen molar-refractivity contribution >= 4 is 5.69 Å². The third kappa shape index (κ3) is 6.45. The minimum Gasteiger partial charge on any atom is -0.491 e. The van der Waals surface area contributed by atoms with E-state index in [0.717, 1.165) is 22.9 Å². The lowest BCUT2D eigenvalue weighted by atomic mass is 9.86. The number of benzene rings is 3. The Bertz CT molecular complexity index is 903. The summed E-state index contributed by atoms with van der Waals surface area (Å²) in [6, 6.07) is 25.9. The van der Waals surface area contributed by atoms with Crippen LogP contribution in [-0.4, -0.2) is 26.4 Å². The smallest absolute Gasteiger partial charge is 0.142 e. The highest BCUT2D eigenvalue weighted by Crippen LogP contribution is 2.31. The Morgan fingerprint density at radius 3 is 2.00 bits per heavy atom. The van der Waals surface area contributed by atoms with Crippen LogP contribution in [0.25, 0.3) is 0 Å². The van der Waals surface area contributed by atoms with E-state index in [0.29, 0.717) is 26.4 Å². The molecule has 0 spiro atoms. The van der Waals surface area contributed by atoms with Gasteiger partial charge in [-0.3, -0.25) is 0 Å². The fourth-order valence-corrected chi connectivity index (χ4v) is 3.13. The molecule has 0 saturated carbocycles. The molecule has 0 saturated heterocycles. The first kappa shape index (κ1) is 21.6. The van der Waals surface area contributed by atoms with Gasteiger partial charge in [-0.2, -0.15) is 0 Å². The first-order valence-corrected chi connectivity index (χ1v) is 10.4. The first-order valence-electron chi connectivity index (χ1n) is 10.4. The Kier molecular flexibility index (Phi) is 7.61. The number of para-hydroxylation sites is 4. The summed E-state index contributed by atoms with van der Waals surface area (Å²) in [6.45, 7) is 8.81. The van der Waals surface area contributed by atoms with Crippen LogP contribution in [0.15, 0.2) is 78.9 Å². The summed E-state index contributed by atoms with van der Waals surface area (Å²) in [5, 5.41) is 3.41. The summed E-state index contributed by atoms with van der Waals surface area (Å²) in [5.41, 5.74) is 2.21. The molecule has 0 aliphatic rings. The van der Waals surface area contributed by atoms with Crippen molar-refractivity contribution in [3.05, 3.63) is 84.4 Å². The van der Waals surface area contributed by atoms with Crippen molar-refractivity contribution in [2.24, 2.45) is 0 Å². The topological polar surface area (TPSA) is 39.7 Å². The van der Waals surface area contributed by atoms with Gasteiger partial charge in [0.2, 0.25) is 0 Å². The minimum atomic E-state index is 0.0479. The van der Waals surface area contributed by atoms with E-state index in [2.05, 4.69) is 38.2 Å². The largest absolute Gasteiger partial charge is 0.491 e. The van der Waals surface area contributed by atoms with E-state index < -0.39 is 0 Å². The molecule has 0 atom stereocenters. The van der Waals surface area contributed by atoms with Crippen molar-refractivity contribution < 1.29 is 14.2 Å². The summed E-state index contributed by atoms with van der Waals surface area (Å²) < 4.78 is 17.6. The summed E-state index contributed by atoms with van der Waals surface area (Å²) in [7, 11) is 0. The highest BCUT2D eigenvalue weighted by molar-refractivity contribution is 5.56. The molecule has 3 aromatic carbocycles. The van der Waals surface area contributed by atoms with Crippen LogP contribution in [0.1, 0.15) is 26.3 Å². The highest BCUT2D eigenvalue weighted by Gasteiger charge is 2.18. The number of hydrogen-bond donors (Lipinski definition) is 1. The Labute approximate surface area is 179 Å². The fourth-order valence-electron chi connectivity index (χ4n) is 3.13. The van der Waals surface area contributed by atoms with Crippen LogP contribution in [0, 0.1) is 0 Å². The van der Waals surface area contributed by atoms with Crippen LogP contribution >= 0.6 is 0 Å². The summed E-state index contributed by atoms with van der Waals surface area (Å²) in [4.78, 5) is 0. The second-order valence-electron chi connectivity index (χ2n) is 8.03. The zero-order valence-electron chi connectivity index (χ0n) is 18.1. The molecule has 0 fully saturated rings. The van der Waals surface area contributed by atoms with E-state index in [4.69, 9.17) is 14.2 Å². The van der Waals surface area contributed by atoms with Gasteiger partial charge in [0.25, 0.3) is 0 Å². The molecule has 0 radical (unpaired) electrons. The van der Waals surface area contributed by atoms with Gasteiger partial charge in [0.05, 0.1) is 5.69 Å². The van der Waals surface area contributed by atoms with Gasteiger partial charge in [0.1, 0.15) is 37.1 Å². The maximum absolute atomic E-state index is 6.05. The zero-order chi connectivity index (χ0) is 21.2. The molecule has 0 amide bonds. The van der Waals surface area contributed by atoms with Gasteiger partial charge in [0.15, 0.2) is 0 Å². The number of nitrogens with one attached hydrogen (secondary N) is 1. The van der Waals surface area contributed by atoms with Crippen LogP contribution in [-0.2, 0) is 5.41 Å². The Morgan fingerprint density at radius 2 is 1.23 bits per heavy atom. The maximum atomic E-state index is 6.05. The maximum Gasteiger partial charge on any atom is 0.142 e. The average Bonchev–Trinajstić information content (AvgIpc) is 2.75. The Morgan fingerprint density at radius 1 is 0.633 bits per heavy atom. The van der Waals surface area contributed by atoms with Gasteiger partial charge < -0.3 is 19.5 Å². The molecule has 0 bridgehead atoms. The molecule has 4 heteroatoms. The number of hydrogen-bond acceptors (Lipinski definition) is 4. The van der Waals surface area contributed by atoms with Crippen LogP contribution in [0.3, 0.4) is 0 Å². The van der Waals surface area contributed by atoms with Gasteiger partial charge in [-0.25, -0.2) is 0 Å². The molecule has 30 heavy (non-hydrogen) atoms. The predicted molar refractivity (Wildman–Crippen MR) is 123 cm³/mol. The summed E-state index contributed by atoms with van der Waals surface area (Å²) >= 11 is 0. The van der Waals surface area contributed by atoms with Gasteiger partial charge in [-0.05, 0) is 41.3 Å². The monoisotopic (exact) mass is 405 g/mol. The fraction of sp³-hybridized carbons (Fsp3) is 0.308. The van der Waals surface area contributed by atoms with Crippen LogP contribution in [0.4, 0.5) is 5.69 Å². The lowest BCUT2D eigenvalue weighted by Gasteiger charge is -2.22. The normalized spacial score (nSPS) is 11.0. The standard InChI is InChI=1S/C26H31NO3/c1-26(2,3)22-13-7-9-15-24(22)29-18-17-27-23-14-8-10-16-25(23)30-20-19-28-21-11-5-4-6-12-21/h4-16,27H,17-20H2,1-3H3. The molecule has 1 N–H and O–H groups in total. The van der Waals surface area contributed by atoms with Crippen LogP contribution in [0.5, 0.6) is 17.2 Å². The third-order valence-electron chi connectivity index (χ3n) is 4.61. The number of ether oxygens (including phenoxy) is 3. The van der Waals surface area contributed by atoms with Gasteiger partial charge in [-0.1, -0.05) is 69.3 Å². The second kappa shape index (κ2) is 10.6. The third-order valence-corrected chi connectivity index (χ3v) is 4.61. The molecular weight excluding hydrogens is 374 g/mol. The van der Waals surface area contributed by atoms with E-state index in [-0.39, 0.29) is 5.41 Å². The van der Waals surface area contributed by atoms with Crippen molar-refractivity contribution in [1.82, 2.24) is 0 Å². The molecule has 3 rings (SSSR count). The average molecular weight is 406 g/mol. The zero-order valence-corrected chi connectivity index (χ0v) is 18.1. The van der Waals surface area contributed by atoms with E-state index in [1.807, 2.05) is 66.7 Å². The van der Waals surface area contributed by atoms with Crippen molar-refractivity contribution in [2.45, 2.75) is 26.2 Å². The second-order valence-corrected chi connectivity index (χ2v) is 8.03. The lowest BCUT2D eigenvalue weighted by Crippen LogP contribution is -2.17. The van der Waals surface area contributed by atoms with E-state index in [1.165, 1.54) is 5.56 Å². The molecular formula is C26H31NO3. The minimum absolute atomic E-state index is 0.0479. The van der Waals surface area contributed by atoms with Crippen molar-refractivity contribution in [3.8, 4) is 17.2 Å². The molecule has 0 aromatic heterocycles. The molecule has 4 nitrogen and oxygen atoms in total. The predicted octanol–water partition coefficient (Wildman–Crippen LogP) is 5.93. The first-order chi connectivity index (χ1) is 14.5. The van der Waals surface area contributed by atoms with Crippen molar-refractivity contribution in [3.63, 3.8) is 0 Å². The van der Waals surface area contributed by atoms with Gasteiger partial charge in [-0.15, -0.1) is 0 Å². The summed E-state index contributed by atoms with van der Waals surface area (Å²) in [5.74, 6) is 2.60. The summed E-state index contributed by atoms with van der Waals surface area (Å²) in [6.07, 6.45) is 0. The molecule has 0 aliphatic heterocycles. The van der Waals surface area contributed by atoms with Crippen LogP contribution in [0.2, 0.25) is 0 Å². The lowest BCUT2D eigenvalue weighted by molar-refractivity contribution is 0.217. The molecule has 3 aromatic rings. The van der Waals surface area contributed by atoms with Crippen LogP contribution < -0.4 is 19.5 Å². The highest BCUT2D eigenvalue weighted by atomic mass is 16.5. The quantitative estimate of drug-likeness (QED) is 0.424. The number of rotatable bonds is 10. The Hall–Kier alpha value is -3.14. The SMILES string of the molecule is CC(C)(C)c1ccccc1OCCNc1ccccc1OCCOc1ccccc1. The Balaban J connectivity index is 1.46. The van der Waals surface area contributed by atoms with Gasteiger partial charge in [0, 0.05) is 6.54 Å². The molecule has 0 heterocycles. The molecule has 0 unspecified atom stereocenters. The number of anilines is 1.